The molecule has 1 aliphatic heterocycles. The highest BCUT2D eigenvalue weighted by Gasteiger charge is 2.35. The van der Waals surface area contributed by atoms with Crippen molar-refractivity contribution in [1.29, 1.82) is 0 Å². The topological polar surface area (TPSA) is 99.0 Å². The minimum atomic E-state index is -0.480. The van der Waals surface area contributed by atoms with Crippen molar-refractivity contribution < 1.29 is 28.2 Å². The Morgan fingerprint density at radius 3 is 2.53 bits per heavy atom. The second kappa shape index (κ2) is 10.2. The minimum absolute atomic E-state index is 0.0442. The van der Waals surface area contributed by atoms with Gasteiger partial charge in [-0.3, -0.25) is 9.59 Å². The quantitative estimate of drug-likeness (QED) is 0.462. The molecule has 0 fully saturated rings. The molecule has 8 nitrogen and oxygen atoms in total. The third kappa shape index (κ3) is 5.54. The fourth-order valence-electron chi connectivity index (χ4n) is 4.17. The van der Waals surface area contributed by atoms with E-state index in [0.717, 1.165) is 16.9 Å². The van der Waals surface area contributed by atoms with E-state index in [2.05, 4.69) is 10.6 Å². The third-order valence-electron chi connectivity index (χ3n) is 5.90. The van der Waals surface area contributed by atoms with Gasteiger partial charge in [0.05, 0.1) is 26.5 Å². The molecule has 1 aromatic heterocycles. The molecule has 0 saturated carbocycles. The van der Waals surface area contributed by atoms with Gasteiger partial charge in [0.25, 0.3) is 11.8 Å². The Morgan fingerprint density at radius 1 is 1.06 bits per heavy atom. The van der Waals surface area contributed by atoms with Crippen molar-refractivity contribution in [2.24, 2.45) is 0 Å². The summed E-state index contributed by atoms with van der Waals surface area (Å²) in [5, 5.41) is 5.80. The lowest BCUT2D eigenvalue weighted by Crippen LogP contribution is -2.43. The van der Waals surface area contributed by atoms with Gasteiger partial charge in [0, 0.05) is 23.6 Å². The van der Waals surface area contributed by atoms with E-state index in [4.69, 9.17) is 18.6 Å². The third-order valence-corrected chi connectivity index (χ3v) is 5.90. The van der Waals surface area contributed by atoms with Crippen LogP contribution in [0, 0.1) is 6.92 Å². The maximum Gasteiger partial charge on any atom is 0.268 e. The maximum absolute atomic E-state index is 13.5. The first-order chi connectivity index (χ1) is 17.2. The summed E-state index contributed by atoms with van der Waals surface area (Å²) in [5.74, 6) is 1.14. The largest absolute Gasteiger partial charge is 0.493 e. The summed E-state index contributed by atoms with van der Waals surface area (Å²) in [5.41, 5.74) is 1.82. The predicted molar refractivity (Wildman–Crippen MR) is 135 cm³/mol. The molecular formula is C28H30N2O6. The molecular weight excluding hydrogens is 460 g/mol. The number of fused-ring (bicyclic) bond motifs is 1. The van der Waals surface area contributed by atoms with Gasteiger partial charge in [0.15, 0.2) is 11.5 Å². The van der Waals surface area contributed by atoms with Crippen molar-refractivity contribution in [2.45, 2.75) is 38.8 Å². The molecule has 2 heterocycles. The average molecular weight is 491 g/mol. The number of benzene rings is 2. The molecule has 0 radical (unpaired) electrons. The number of ether oxygens (including phenoxy) is 3. The van der Waals surface area contributed by atoms with Gasteiger partial charge in [-0.1, -0.05) is 12.1 Å². The van der Waals surface area contributed by atoms with E-state index in [1.807, 2.05) is 39.0 Å². The number of amides is 2. The lowest BCUT2D eigenvalue weighted by Gasteiger charge is -2.38. The van der Waals surface area contributed by atoms with Crippen LogP contribution in [-0.2, 0) is 4.79 Å². The number of hydrogen-bond donors (Lipinski definition) is 2. The molecule has 0 aliphatic carbocycles. The molecule has 2 amide bonds. The summed E-state index contributed by atoms with van der Waals surface area (Å²) < 4.78 is 22.1. The van der Waals surface area contributed by atoms with Crippen molar-refractivity contribution >= 4 is 17.9 Å². The Kier molecular flexibility index (Phi) is 7.05. The summed E-state index contributed by atoms with van der Waals surface area (Å²) >= 11 is 0. The SMILES string of the molecule is COc1ccc(C(=O)N/C(=C\c2ccco2)C(=O)NC2CC(C)(C)Oc3cc(C)ccc32)cc1OC. The monoisotopic (exact) mass is 490 g/mol. The van der Waals surface area contributed by atoms with Crippen molar-refractivity contribution in [2.75, 3.05) is 14.2 Å². The van der Waals surface area contributed by atoms with Crippen LogP contribution in [0.15, 0.2) is 64.9 Å². The zero-order valence-electron chi connectivity index (χ0n) is 21.0. The molecule has 2 N–H and O–H groups in total. The highest BCUT2D eigenvalue weighted by Crippen LogP contribution is 2.40. The van der Waals surface area contributed by atoms with E-state index < -0.39 is 17.4 Å². The fourth-order valence-corrected chi connectivity index (χ4v) is 4.17. The van der Waals surface area contributed by atoms with Crippen LogP contribution >= 0.6 is 0 Å². The van der Waals surface area contributed by atoms with Crippen LogP contribution in [-0.4, -0.2) is 31.6 Å². The zero-order valence-corrected chi connectivity index (χ0v) is 21.0. The molecule has 0 saturated heterocycles. The van der Waals surface area contributed by atoms with Crippen molar-refractivity contribution in [1.82, 2.24) is 10.6 Å². The van der Waals surface area contributed by atoms with Crippen molar-refractivity contribution in [3.63, 3.8) is 0 Å². The highest BCUT2D eigenvalue weighted by molar-refractivity contribution is 6.05. The fraction of sp³-hybridized carbons (Fsp3) is 0.286. The molecule has 1 unspecified atom stereocenters. The smallest absolute Gasteiger partial charge is 0.268 e. The van der Waals surface area contributed by atoms with Gasteiger partial charge >= 0.3 is 0 Å². The summed E-state index contributed by atoms with van der Waals surface area (Å²) in [4.78, 5) is 26.6. The summed E-state index contributed by atoms with van der Waals surface area (Å²) in [7, 11) is 3.01. The normalized spacial score (nSPS) is 16.4. The van der Waals surface area contributed by atoms with Gasteiger partial charge in [-0.05, 0) is 62.7 Å². The average Bonchev–Trinajstić information content (AvgIpc) is 3.35. The molecule has 4 rings (SSSR count). The number of hydrogen-bond acceptors (Lipinski definition) is 6. The molecule has 0 spiro atoms. The Morgan fingerprint density at radius 2 is 1.83 bits per heavy atom. The molecule has 2 aromatic carbocycles. The van der Waals surface area contributed by atoms with Crippen LogP contribution in [0.25, 0.3) is 6.08 Å². The number of carbonyl (C=O) groups is 2. The Bertz CT molecular complexity index is 1290. The number of carbonyl (C=O) groups excluding carboxylic acids is 2. The van der Waals surface area contributed by atoms with Gasteiger partial charge in [-0.2, -0.15) is 0 Å². The minimum Gasteiger partial charge on any atom is -0.493 e. The highest BCUT2D eigenvalue weighted by atomic mass is 16.5. The van der Waals surface area contributed by atoms with E-state index in [-0.39, 0.29) is 11.7 Å². The van der Waals surface area contributed by atoms with Gasteiger partial charge in [0.1, 0.15) is 22.8 Å². The van der Waals surface area contributed by atoms with E-state index in [1.165, 1.54) is 26.6 Å². The maximum atomic E-state index is 13.5. The molecule has 1 atom stereocenters. The van der Waals surface area contributed by atoms with Crippen LogP contribution in [0.2, 0.25) is 0 Å². The van der Waals surface area contributed by atoms with Crippen molar-refractivity contribution in [3.05, 3.63) is 82.9 Å². The standard InChI is InChI=1S/C28H30N2O6/c1-17-8-10-20-22(16-28(2,3)36-24(20)13-17)30-27(32)21(15-19-7-6-12-35-19)29-26(31)18-9-11-23(33-4)25(14-18)34-5/h6-15,22H,16H2,1-5H3,(H,29,31)(H,30,32)/b21-15-. The number of furan rings is 1. The summed E-state index contributed by atoms with van der Waals surface area (Å²) in [6.45, 7) is 5.96. The Hall–Kier alpha value is -4.20. The summed E-state index contributed by atoms with van der Waals surface area (Å²) in [6.07, 6.45) is 3.55. The van der Waals surface area contributed by atoms with Crippen LogP contribution in [0.1, 0.15) is 53.6 Å². The van der Waals surface area contributed by atoms with Gasteiger partial charge < -0.3 is 29.3 Å². The molecule has 8 heteroatoms. The second-order valence-corrected chi connectivity index (χ2v) is 9.23. The second-order valence-electron chi connectivity index (χ2n) is 9.23. The first-order valence-electron chi connectivity index (χ1n) is 11.6. The molecule has 1 aliphatic rings. The van der Waals surface area contributed by atoms with Crippen molar-refractivity contribution in [3.8, 4) is 17.2 Å². The van der Waals surface area contributed by atoms with E-state index >= 15 is 0 Å². The lowest BCUT2D eigenvalue weighted by atomic mass is 9.89. The van der Waals surface area contributed by atoms with Gasteiger partial charge in [-0.25, -0.2) is 0 Å². The van der Waals surface area contributed by atoms with E-state index in [0.29, 0.717) is 29.2 Å². The first kappa shape index (κ1) is 24.9. The lowest BCUT2D eigenvalue weighted by molar-refractivity contribution is -0.119. The number of rotatable bonds is 7. The molecule has 36 heavy (non-hydrogen) atoms. The van der Waals surface area contributed by atoms with Crippen LogP contribution in [0.3, 0.4) is 0 Å². The molecule has 3 aromatic rings. The number of nitrogens with one attached hydrogen (secondary N) is 2. The molecule has 188 valence electrons. The number of aryl methyl sites for hydroxylation is 1. The first-order valence-corrected chi connectivity index (χ1v) is 11.6. The molecule has 0 bridgehead atoms. The van der Waals surface area contributed by atoms with Crippen LogP contribution < -0.4 is 24.8 Å². The zero-order chi connectivity index (χ0) is 25.9. The van der Waals surface area contributed by atoms with Crippen LogP contribution in [0.5, 0.6) is 17.2 Å². The predicted octanol–water partition coefficient (Wildman–Crippen LogP) is 4.79. The Balaban J connectivity index is 1.61. The summed E-state index contributed by atoms with van der Waals surface area (Å²) in [6, 6.07) is 13.8. The van der Waals surface area contributed by atoms with Crippen LogP contribution in [0.4, 0.5) is 0 Å². The Labute approximate surface area is 210 Å². The van der Waals surface area contributed by atoms with E-state index in [1.54, 1.807) is 30.3 Å². The van der Waals surface area contributed by atoms with Gasteiger partial charge in [0.2, 0.25) is 0 Å². The van der Waals surface area contributed by atoms with Gasteiger partial charge in [-0.15, -0.1) is 0 Å². The number of methoxy groups -OCH3 is 2. The van der Waals surface area contributed by atoms with E-state index in [9.17, 15) is 9.59 Å².